The fourth-order valence-electron chi connectivity index (χ4n) is 1.85. The topological polar surface area (TPSA) is 39.2 Å². The number of carbonyl (C=O) groups excluding carboxylic acids is 1. The molecule has 1 heterocycles. The van der Waals surface area contributed by atoms with Crippen LogP contribution in [0, 0.1) is 0 Å². The Kier molecular flexibility index (Phi) is 6.03. The summed E-state index contributed by atoms with van der Waals surface area (Å²) in [5.41, 5.74) is 1.87. The van der Waals surface area contributed by atoms with Gasteiger partial charge in [-0.3, -0.25) is 4.79 Å². The molecule has 0 unspecified atom stereocenters. The van der Waals surface area contributed by atoms with E-state index in [2.05, 4.69) is 4.98 Å². The summed E-state index contributed by atoms with van der Waals surface area (Å²) in [6.07, 6.45) is 3.53. The van der Waals surface area contributed by atoms with Gasteiger partial charge in [0.25, 0.3) is 0 Å². The Morgan fingerprint density at radius 3 is 2.62 bits per heavy atom. The molecule has 0 radical (unpaired) electrons. The Morgan fingerprint density at radius 2 is 1.90 bits per heavy atom. The Morgan fingerprint density at radius 1 is 1.14 bits per heavy atom. The van der Waals surface area contributed by atoms with Gasteiger partial charge in [0.1, 0.15) is 11.8 Å². The number of aromatic nitrogens is 1. The van der Waals surface area contributed by atoms with Gasteiger partial charge in [0.2, 0.25) is 0 Å². The summed E-state index contributed by atoms with van der Waals surface area (Å²) < 4.78 is 5.18. The number of halogens is 2. The van der Waals surface area contributed by atoms with Crippen LogP contribution in [-0.4, -0.2) is 11.0 Å². The highest BCUT2D eigenvalue weighted by Gasteiger charge is 2.06. The minimum atomic E-state index is -0.233. The molecular formula is C16H15Cl2NO2. The second kappa shape index (κ2) is 8.01. The second-order valence-electron chi connectivity index (χ2n) is 4.59. The Balaban J connectivity index is 1.70. The lowest BCUT2D eigenvalue weighted by atomic mass is 10.1. The number of hydrogen-bond donors (Lipinski definition) is 0. The SMILES string of the molecule is O=C(CCCc1ccc(Cl)cc1)OCc1cccnc1Cl. The molecule has 0 bridgehead atoms. The van der Waals surface area contributed by atoms with Crippen molar-refractivity contribution in [2.75, 3.05) is 0 Å². The quantitative estimate of drug-likeness (QED) is 0.582. The van der Waals surface area contributed by atoms with E-state index in [0.29, 0.717) is 22.2 Å². The molecule has 21 heavy (non-hydrogen) atoms. The average molecular weight is 324 g/mol. The molecule has 2 rings (SSSR count). The Hall–Kier alpha value is -1.58. The maximum Gasteiger partial charge on any atom is 0.306 e. The summed E-state index contributed by atoms with van der Waals surface area (Å²) in [4.78, 5) is 15.6. The summed E-state index contributed by atoms with van der Waals surface area (Å²) in [6, 6.07) is 11.2. The molecule has 0 saturated carbocycles. The lowest BCUT2D eigenvalue weighted by Gasteiger charge is -2.06. The van der Waals surface area contributed by atoms with Crippen molar-refractivity contribution in [3.05, 3.63) is 63.9 Å². The van der Waals surface area contributed by atoms with Crippen molar-refractivity contribution in [2.45, 2.75) is 25.9 Å². The van der Waals surface area contributed by atoms with Crippen LogP contribution in [0.25, 0.3) is 0 Å². The van der Waals surface area contributed by atoms with Crippen molar-refractivity contribution in [1.29, 1.82) is 0 Å². The van der Waals surface area contributed by atoms with Crippen LogP contribution in [0.1, 0.15) is 24.0 Å². The first-order valence-electron chi connectivity index (χ1n) is 6.64. The maximum atomic E-state index is 11.7. The smallest absolute Gasteiger partial charge is 0.306 e. The van der Waals surface area contributed by atoms with Crippen LogP contribution in [-0.2, 0) is 22.6 Å². The molecular weight excluding hydrogens is 309 g/mol. The summed E-state index contributed by atoms with van der Waals surface area (Å²) >= 11 is 11.7. The first-order chi connectivity index (χ1) is 10.1. The molecule has 0 aliphatic rings. The number of esters is 1. The molecule has 1 aromatic carbocycles. The number of nitrogens with zero attached hydrogens (tertiary/aromatic N) is 1. The number of aryl methyl sites for hydroxylation is 1. The van der Waals surface area contributed by atoms with Gasteiger partial charge in [0, 0.05) is 23.2 Å². The van der Waals surface area contributed by atoms with E-state index in [9.17, 15) is 4.79 Å². The highest BCUT2D eigenvalue weighted by atomic mass is 35.5. The molecule has 2 aromatic rings. The van der Waals surface area contributed by atoms with Crippen molar-refractivity contribution in [2.24, 2.45) is 0 Å². The van der Waals surface area contributed by atoms with Crippen molar-refractivity contribution < 1.29 is 9.53 Å². The average Bonchev–Trinajstić information content (AvgIpc) is 2.48. The van der Waals surface area contributed by atoms with E-state index in [-0.39, 0.29) is 12.6 Å². The summed E-state index contributed by atoms with van der Waals surface area (Å²) in [6.45, 7) is 0.159. The second-order valence-corrected chi connectivity index (χ2v) is 5.39. The molecule has 5 heteroatoms. The summed E-state index contributed by atoms with van der Waals surface area (Å²) in [5.74, 6) is -0.233. The first kappa shape index (κ1) is 15.8. The Bertz CT molecular complexity index is 599. The first-order valence-corrected chi connectivity index (χ1v) is 7.40. The van der Waals surface area contributed by atoms with Crippen molar-refractivity contribution in [1.82, 2.24) is 4.98 Å². The molecule has 0 N–H and O–H groups in total. The molecule has 1 aromatic heterocycles. The molecule has 0 atom stereocenters. The van der Waals surface area contributed by atoms with E-state index in [1.54, 1.807) is 18.3 Å². The lowest BCUT2D eigenvalue weighted by Crippen LogP contribution is -2.05. The minimum Gasteiger partial charge on any atom is -0.461 e. The predicted octanol–water partition coefficient (Wildman–Crippen LogP) is 4.45. The number of carbonyl (C=O) groups is 1. The highest BCUT2D eigenvalue weighted by Crippen LogP contribution is 2.14. The van der Waals surface area contributed by atoms with Gasteiger partial charge in [0.15, 0.2) is 0 Å². The van der Waals surface area contributed by atoms with Crippen LogP contribution in [0.4, 0.5) is 0 Å². The van der Waals surface area contributed by atoms with E-state index in [0.717, 1.165) is 18.4 Å². The number of ether oxygens (including phenoxy) is 1. The van der Waals surface area contributed by atoms with Gasteiger partial charge in [-0.15, -0.1) is 0 Å². The van der Waals surface area contributed by atoms with Gasteiger partial charge in [-0.25, -0.2) is 4.98 Å². The van der Waals surface area contributed by atoms with E-state index in [4.69, 9.17) is 27.9 Å². The minimum absolute atomic E-state index is 0.159. The van der Waals surface area contributed by atoms with Crippen LogP contribution in [0.3, 0.4) is 0 Å². The van der Waals surface area contributed by atoms with Crippen molar-refractivity contribution >= 4 is 29.2 Å². The molecule has 0 amide bonds. The van der Waals surface area contributed by atoms with Gasteiger partial charge in [-0.05, 0) is 36.6 Å². The largest absolute Gasteiger partial charge is 0.461 e. The standard InChI is InChI=1S/C16H15Cl2NO2/c17-14-8-6-12(7-9-14)3-1-5-15(20)21-11-13-4-2-10-19-16(13)18/h2,4,6-10H,1,3,5,11H2. The number of benzene rings is 1. The number of pyridine rings is 1. The van der Waals surface area contributed by atoms with Gasteiger partial charge < -0.3 is 4.74 Å². The van der Waals surface area contributed by atoms with Crippen LogP contribution in [0.5, 0.6) is 0 Å². The third kappa shape index (κ3) is 5.37. The number of rotatable bonds is 6. The molecule has 0 aliphatic carbocycles. The van der Waals surface area contributed by atoms with E-state index in [1.165, 1.54) is 0 Å². The monoisotopic (exact) mass is 323 g/mol. The molecule has 0 spiro atoms. The molecule has 110 valence electrons. The summed E-state index contributed by atoms with van der Waals surface area (Å²) in [5, 5.41) is 1.08. The van der Waals surface area contributed by atoms with Gasteiger partial charge in [-0.1, -0.05) is 41.4 Å². The fraction of sp³-hybridized carbons (Fsp3) is 0.250. The molecule has 0 aliphatic heterocycles. The normalized spacial score (nSPS) is 10.4. The van der Waals surface area contributed by atoms with E-state index in [1.807, 2.05) is 24.3 Å². The predicted molar refractivity (Wildman–Crippen MR) is 83.4 cm³/mol. The van der Waals surface area contributed by atoms with Crippen molar-refractivity contribution in [3.8, 4) is 0 Å². The van der Waals surface area contributed by atoms with Crippen molar-refractivity contribution in [3.63, 3.8) is 0 Å². The van der Waals surface area contributed by atoms with Gasteiger partial charge in [-0.2, -0.15) is 0 Å². The van der Waals surface area contributed by atoms with Gasteiger partial charge in [0.05, 0.1) is 0 Å². The van der Waals surface area contributed by atoms with Crippen LogP contribution in [0.2, 0.25) is 10.2 Å². The zero-order chi connectivity index (χ0) is 15.1. The molecule has 3 nitrogen and oxygen atoms in total. The third-order valence-corrected chi connectivity index (χ3v) is 3.58. The zero-order valence-corrected chi connectivity index (χ0v) is 12.9. The molecule has 0 fully saturated rings. The highest BCUT2D eigenvalue weighted by molar-refractivity contribution is 6.30. The molecule has 0 saturated heterocycles. The van der Waals surface area contributed by atoms with E-state index < -0.39 is 0 Å². The maximum absolute atomic E-state index is 11.7. The van der Waals surface area contributed by atoms with Crippen LogP contribution >= 0.6 is 23.2 Å². The third-order valence-electron chi connectivity index (χ3n) is 2.98. The Labute approximate surface area is 133 Å². The van der Waals surface area contributed by atoms with E-state index >= 15 is 0 Å². The van der Waals surface area contributed by atoms with Crippen LogP contribution < -0.4 is 0 Å². The lowest BCUT2D eigenvalue weighted by molar-refractivity contribution is -0.145. The number of hydrogen-bond acceptors (Lipinski definition) is 3. The zero-order valence-electron chi connectivity index (χ0n) is 11.4. The fourth-order valence-corrected chi connectivity index (χ4v) is 2.15. The van der Waals surface area contributed by atoms with Gasteiger partial charge >= 0.3 is 5.97 Å². The van der Waals surface area contributed by atoms with Crippen LogP contribution in [0.15, 0.2) is 42.6 Å². The summed E-state index contributed by atoms with van der Waals surface area (Å²) in [7, 11) is 0.